The van der Waals surface area contributed by atoms with Crippen LogP contribution in [0, 0.1) is 6.92 Å². The quantitative estimate of drug-likeness (QED) is 0.676. The van der Waals surface area contributed by atoms with Crippen molar-refractivity contribution in [1.29, 1.82) is 0 Å². The Bertz CT molecular complexity index is 779. The highest BCUT2D eigenvalue weighted by Gasteiger charge is 2.21. The number of hydrazone groups is 1. The molecule has 0 bridgehead atoms. The van der Waals surface area contributed by atoms with E-state index in [1.807, 2.05) is 26.0 Å². The van der Waals surface area contributed by atoms with Gasteiger partial charge >= 0.3 is 0 Å². The molecule has 0 aliphatic carbocycles. The number of benzene rings is 1. The molecule has 1 aromatic heterocycles. The van der Waals surface area contributed by atoms with Crippen molar-refractivity contribution in [1.82, 2.24) is 5.43 Å². The van der Waals surface area contributed by atoms with Gasteiger partial charge in [0.05, 0.1) is 24.6 Å². The summed E-state index contributed by atoms with van der Waals surface area (Å²) in [6.07, 6.45) is 4.06. The molecule has 0 saturated heterocycles. The second-order valence-electron chi connectivity index (χ2n) is 5.65. The largest absolute Gasteiger partial charge is 0.493 e. The van der Waals surface area contributed by atoms with Gasteiger partial charge in [0.2, 0.25) is 0 Å². The molecule has 0 unspecified atom stereocenters. The number of carbonyl (C=O) groups is 1. The predicted molar refractivity (Wildman–Crippen MR) is 89.9 cm³/mol. The van der Waals surface area contributed by atoms with E-state index in [-0.39, 0.29) is 12.0 Å². The number of fused-ring (bicyclic) bond motifs is 1. The molecule has 1 aliphatic rings. The van der Waals surface area contributed by atoms with E-state index in [1.165, 1.54) is 6.26 Å². The van der Waals surface area contributed by atoms with Gasteiger partial charge in [0.25, 0.3) is 5.91 Å². The van der Waals surface area contributed by atoms with E-state index in [0.29, 0.717) is 17.9 Å². The van der Waals surface area contributed by atoms with Crippen molar-refractivity contribution in [2.75, 3.05) is 6.61 Å². The summed E-state index contributed by atoms with van der Waals surface area (Å²) in [5, 5.41) is 4.02. The minimum atomic E-state index is -0.318. The van der Waals surface area contributed by atoms with Crippen molar-refractivity contribution >= 4 is 12.1 Å². The van der Waals surface area contributed by atoms with Crippen molar-refractivity contribution in [2.45, 2.75) is 33.3 Å². The van der Waals surface area contributed by atoms with Crippen LogP contribution in [0.15, 0.2) is 34.0 Å². The first kappa shape index (κ1) is 16.1. The third-order valence-corrected chi connectivity index (χ3v) is 3.80. The number of nitrogens with one attached hydrogen (secondary N) is 1. The number of nitrogens with zero attached hydrogens (tertiary/aromatic N) is 1. The van der Waals surface area contributed by atoms with Crippen molar-refractivity contribution in [3.05, 3.63) is 46.9 Å². The van der Waals surface area contributed by atoms with E-state index in [0.717, 1.165) is 29.0 Å². The summed E-state index contributed by atoms with van der Waals surface area (Å²) in [4.78, 5) is 12.0. The molecule has 1 aromatic carbocycles. The van der Waals surface area contributed by atoms with Gasteiger partial charge in [-0.05, 0) is 39.0 Å². The lowest BCUT2D eigenvalue weighted by Crippen LogP contribution is -2.17. The maximum atomic E-state index is 12.0. The summed E-state index contributed by atoms with van der Waals surface area (Å²) in [5.41, 5.74) is 4.84. The van der Waals surface area contributed by atoms with Gasteiger partial charge in [0.1, 0.15) is 23.4 Å². The van der Waals surface area contributed by atoms with Crippen molar-refractivity contribution < 1.29 is 18.7 Å². The van der Waals surface area contributed by atoms with E-state index in [4.69, 9.17) is 13.9 Å². The summed E-state index contributed by atoms with van der Waals surface area (Å²) in [7, 11) is 0. The first-order chi connectivity index (χ1) is 11.6. The summed E-state index contributed by atoms with van der Waals surface area (Å²) >= 11 is 0. The van der Waals surface area contributed by atoms with Gasteiger partial charge < -0.3 is 13.9 Å². The highest BCUT2D eigenvalue weighted by Crippen LogP contribution is 2.34. The number of aryl methyl sites for hydroxylation is 1. The van der Waals surface area contributed by atoms with Gasteiger partial charge in [-0.25, -0.2) is 5.43 Å². The lowest BCUT2D eigenvalue weighted by atomic mass is 10.1. The van der Waals surface area contributed by atoms with E-state index >= 15 is 0 Å². The molecule has 0 fully saturated rings. The molecule has 24 heavy (non-hydrogen) atoms. The Hall–Kier alpha value is -2.76. The molecule has 0 radical (unpaired) electrons. The van der Waals surface area contributed by atoms with Crippen LogP contribution in [0.3, 0.4) is 0 Å². The second-order valence-corrected chi connectivity index (χ2v) is 5.65. The predicted octanol–water partition coefficient (Wildman–Crippen LogP) is 3.07. The number of rotatable bonds is 5. The molecular weight excluding hydrogens is 308 g/mol. The number of carbonyl (C=O) groups excluding carboxylic acids is 1. The van der Waals surface area contributed by atoms with Gasteiger partial charge in [0.15, 0.2) is 0 Å². The molecule has 0 spiro atoms. The van der Waals surface area contributed by atoms with E-state index < -0.39 is 0 Å². The third-order valence-electron chi connectivity index (χ3n) is 3.80. The molecule has 6 heteroatoms. The van der Waals surface area contributed by atoms with Crippen LogP contribution in [0.2, 0.25) is 0 Å². The summed E-state index contributed by atoms with van der Waals surface area (Å²) in [6.45, 7) is 6.24. The number of ether oxygens (including phenoxy) is 2. The van der Waals surface area contributed by atoms with Gasteiger partial charge in [-0.3, -0.25) is 4.79 Å². The molecule has 2 heterocycles. The van der Waals surface area contributed by atoms with Crippen molar-refractivity contribution in [3.8, 4) is 11.5 Å². The highest BCUT2D eigenvalue weighted by atomic mass is 16.5. The maximum absolute atomic E-state index is 12.0. The van der Waals surface area contributed by atoms with Crippen LogP contribution in [0.1, 0.15) is 41.1 Å². The molecule has 1 amide bonds. The Morgan fingerprint density at radius 3 is 3.04 bits per heavy atom. The van der Waals surface area contributed by atoms with E-state index in [9.17, 15) is 4.79 Å². The van der Waals surface area contributed by atoms with E-state index in [2.05, 4.69) is 10.5 Å². The molecular formula is C18H20N2O4. The van der Waals surface area contributed by atoms with Crippen molar-refractivity contribution in [2.24, 2.45) is 5.10 Å². The average molecular weight is 328 g/mol. The lowest BCUT2D eigenvalue weighted by Gasteiger charge is -2.09. The fourth-order valence-corrected chi connectivity index (χ4v) is 2.68. The molecule has 126 valence electrons. The van der Waals surface area contributed by atoms with Crippen LogP contribution in [0.4, 0.5) is 0 Å². The summed E-state index contributed by atoms with van der Waals surface area (Å²) in [6, 6.07) is 5.48. The van der Waals surface area contributed by atoms with Crippen LogP contribution < -0.4 is 14.9 Å². The summed E-state index contributed by atoms with van der Waals surface area (Å²) in [5.74, 6) is 1.80. The second kappa shape index (κ2) is 6.78. The zero-order valence-electron chi connectivity index (χ0n) is 14.0. The van der Waals surface area contributed by atoms with Gasteiger partial charge in [0, 0.05) is 17.5 Å². The number of furan rings is 1. The minimum Gasteiger partial charge on any atom is -0.493 e. The monoisotopic (exact) mass is 328 g/mol. The standard InChI is InChI=1S/C18H20N2O4/c1-4-22-16-8-13-7-11(2)24-17(13)9-14(16)10-19-20-18(21)15-5-6-23-12(15)3/h5-6,8-11H,4,7H2,1-3H3,(H,20,21)/b19-10-/t11-/m1/s1. The minimum absolute atomic E-state index is 0.158. The molecule has 2 aromatic rings. The molecule has 0 saturated carbocycles. The first-order valence-corrected chi connectivity index (χ1v) is 7.92. The number of hydrogen-bond donors (Lipinski definition) is 1. The Morgan fingerprint density at radius 2 is 2.33 bits per heavy atom. The van der Waals surface area contributed by atoms with Gasteiger partial charge in [-0.2, -0.15) is 5.10 Å². The molecule has 1 aliphatic heterocycles. The van der Waals surface area contributed by atoms with Crippen LogP contribution >= 0.6 is 0 Å². The fourth-order valence-electron chi connectivity index (χ4n) is 2.68. The highest BCUT2D eigenvalue weighted by molar-refractivity contribution is 5.96. The Balaban J connectivity index is 1.77. The topological polar surface area (TPSA) is 73.1 Å². The third kappa shape index (κ3) is 3.27. The molecule has 3 rings (SSSR count). The molecule has 1 atom stereocenters. The fraction of sp³-hybridized carbons (Fsp3) is 0.333. The Kier molecular flexibility index (Phi) is 4.55. The number of hydrogen-bond acceptors (Lipinski definition) is 5. The zero-order chi connectivity index (χ0) is 17.1. The van der Waals surface area contributed by atoms with Crippen LogP contribution in [0.25, 0.3) is 0 Å². The van der Waals surface area contributed by atoms with Crippen LogP contribution in [-0.4, -0.2) is 24.8 Å². The smallest absolute Gasteiger partial charge is 0.274 e. The summed E-state index contributed by atoms with van der Waals surface area (Å²) < 4.78 is 16.6. The van der Waals surface area contributed by atoms with Gasteiger partial charge in [-0.1, -0.05) is 0 Å². The van der Waals surface area contributed by atoms with E-state index in [1.54, 1.807) is 19.2 Å². The van der Waals surface area contributed by atoms with Gasteiger partial charge in [-0.15, -0.1) is 0 Å². The van der Waals surface area contributed by atoms with Crippen molar-refractivity contribution in [3.63, 3.8) is 0 Å². The number of amides is 1. The maximum Gasteiger partial charge on any atom is 0.274 e. The Morgan fingerprint density at radius 1 is 1.50 bits per heavy atom. The van der Waals surface area contributed by atoms with Crippen LogP contribution in [-0.2, 0) is 6.42 Å². The van der Waals surface area contributed by atoms with Crippen LogP contribution in [0.5, 0.6) is 11.5 Å². The average Bonchev–Trinajstić information content (AvgIpc) is 3.12. The SMILES string of the molecule is CCOc1cc2c(cc1/C=N\NC(=O)c1ccoc1C)O[C@H](C)C2. The molecule has 1 N–H and O–H groups in total. The molecule has 6 nitrogen and oxygen atoms in total. The first-order valence-electron chi connectivity index (χ1n) is 7.92. The zero-order valence-corrected chi connectivity index (χ0v) is 14.0. The Labute approximate surface area is 140 Å². The lowest BCUT2D eigenvalue weighted by molar-refractivity contribution is 0.0953. The normalized spacial score (nSPS) is 16.0.